The first kappa shape index (κ1) is 13.0. The fraction of sp³-hybridized carbons (Fsp3) is 0.250. The number of benzene rings is 1. The Morgan fingerprint density at radius 3 is 2.79 bits per heavy atom. The van der Waals surface area contributed by atoms with Crippen molar-refractivity contribution in [2.45, 2.75) is 6.42 Å². The van der Waals surface area contributed by atoms with Gasteiger partial charge in [0, 0.05) is 20.0 Å². The van der Waals surface area contributed by atoms with Crippen molar-refractivity contribution in [3.05, 3.63) is 41.5 Å². The molecule has 0 atom stereocenters. The van der Waals surface area contributed by atoms with E-state index in [9.17, 15) is 8.78 Å². The minimum atomic E-state index is -1.14. The Hall–Kier alpha value is -2.49. The summed E-state index contributed by atoms with van der Waals surface area (Å²) in [5.41, 5.74) is -0.290. The van der Waals surface area contributed by atoms with Gasteiger partial charge in [0.05, 0.1) is 11.3 Å². The summed E-state index contributed by atoms with van der Waals surface area (Å²) in [4.78, 5) is 4.02. The second-order valence-electron chi connectivity index (χ2n) is 3.91. The largest absolute Gasteiger partial charge is 0.382 e. The van der Waals surface area contributed by atoms with Crippen molar-refractivity contribution < 1.29 is 8.78 Å². The summed E-state index contributed by atoms with van der Waals surface area (Å²) in [6, 6.07) is 4.15. The molecule has 7 heteroatoms. The van der Waals surface area contributed by atoms with Gasteiger partial charge in [0.2, 0.25) is 0 Å². The summed E-state index contributed by atoms with van der Waals surface area (Å²) in [6.07, 6.45) is 2.05. The predicted octanol–water partition coefficient (Wildman–Crippen LogP) is 1.62. The van der Waals surface area contributed by atoms with Crippen LogP contribution >= 0.6 is 0 Å². The maximum atomic E-state index is 13.6. The lowest BCUT2D eigenvalue weighted by Gasteiger charge is -2.07. The van der Waals surface area contributed by atoms with Gasteiger partial charge in [0.25, 0.3) is 0 Å². The molecule has 1 aromatic heterocycles. The normalized spacial score (nSPS) is 10.2. The molecule has 0 spiro atoms. The Morgan fingerprint density at radius 1 is 1.37 bits per heavy atom. The molecule has 0 radical (unpaired) electrons. The van der Waals surface area contributed by atoms with Gasteiger partial charge in [-0.2, -0.15) is 10.4 Å². The van der Waals surface area contributed by atoms with Gasteiger partial charge in [-0.1, -0.05) is 0 Å². The van der Waals surface area contributed by atoms with E-state index in [1.54, 1.807) is 24.1 Å². The van der Waals surface area contributed by atoms with Crippen LogP contribution in [0.15, 0.2) is 18.5 Å². The molecule has 0 aliphatic carbocycles. The highest BCUT2D eigenvalue weighted by Gasteiger charge is 2.12. The number of nitrogens with one attached hydrogen (secondary N) is 1. The Balaban J connectivity index is 2.00. The third-order valence-electron chi connectivity index (χ3n) is 2.51. The third kappa shape index (κ3) is 2.85. The first-order valence-corrected chi connectivity index (χ1v) is 5.58. The molecule has 0 amide bonds. The van der Waals surface area contributed by atoms with Gasteiger partial charge < -0.3 is 5.32 Å². The maximum absolute atomic E-state index is 13.6. The highest BCUT2D eigenvalue weighted by Crippen LogP contribution is 2.19. The van der Waals surface area contributed by atoms with E-state index in [0.717, 1.165) is 0 Å². The van der Waals surface area contributed by atoms with Gasteiger partial charge in [0.15, 0.2) is 17.5 Å². The maximum Gasteiger partial charge on any atom is 0.183 e. The van der Waals surface area contributed by atoms with Crippen LogP contribution in [0.4, 0.5) is 14.5 Å². The van der Waals surface area contributed by atoms with E-state index < -0.39 is 11.6 Å². The Kier molecular flexibility index (Phi) is 3.71. The molecule has 0 saturated carbocycles. The lowest BCUT2D eigenvalue weighted by Crippen LogP contribution is -2.09. The Labute approximate surface area is 108 Å². The number of hydrogen-bond acceptors (Lipinski definition) is 4. The van der Waals surface area contributed by atoms with E-state index in [0.29, 0.717) is 18.8 Å². The lowest BCUT2D eigenvalue weighted by atomic mass is 10.2. The van der Waals surface area contributed by atoms with Gasteiger partial charge >= 0.3 is 0 Å². The van der Waals surface area contributed by atoms with E-state index in [1.165, 1.54) is 12.1 Å². The Morgan fingerprint density at radius 2 is 2.16 bits per heavy atom. The highest BCUT2D eigenvalue weighted by atomic mass is 19.2. The first-order valence-electron chi connectivity index (χ1n) is 5.58. The van der Waals surface area contributed by atoms with Gasteiger partial charge in [-0.25, -0.2) is 13.8 Å². The minimum absolute atomic E-state index is 0.0208. The second-order valence-corrected chi connectivity index (χ2v) is 3.91. The van der Waals surface area contributed by atoms with Gasteiger partial charge in [-0.3, -0.25) is 4.68 Å². The topological polar surface area (TPSA) is 66.5 Å². The summed E-state index contributed by atoms with van der Waals surface area (Å²) in [6.45, 7) is 0.367. The molecule has 1 heterocycles. The molecular weight excluding hydrogens is 252 g/mol. The summed E-state index contributed by atoms with van der Waals surface area (Å²) in [7, 11) is 1.75. The quantitative estimate of drug-likeness (QED) is 0.910. The molecular formula is C12H11F2N5. The number of nitrogens with zero attached hydrogens (tertiary/aromatic N) is 4. The standard InChI is InChI=1S/C12H11F2N5/c1-19-7-17-10(18-19)4-5-16-9-3-2-8(6-15)11(13)12(9)14/h2-3,7,16H,4-5H2,1H3. The number of halogens is 2. The summed E-state index contributed by atoms with van der Waals surface area (Å²) in [5, 5.41) is 15.4. The number of rotatable bonds is 4. The van der Waals surface area contributed by atoms with Crippen molar-refractivity contribution in [2.24, 2.45) is 7.05 Å². The third-order valence-corrected chi connectivity index (χ3v) is 2.51. The number of hydrogen-bond donors (Lipinski definition) is 1. The zero-order chi connectivity index (χ0) is 13.8. The van der Waals surface area contributed by atoms with Crippen molar-refractivity contribution in [1.29, 1.82) is 5.26 Å². The fourth-order valence-electron chi connectivity index (χ4n) is 1.58. The molecule has 0 unspecified atom stereocenters. The molecule has 5 nitrogen and oxygen atoms in total. The highest BCUT2D eigenvalue weighted by molar-refractivity contribution is 5.49. The lowest BCUT2D eigenvalue weighted by molar-refractivity contribution is 0.508. The van der Waals surface area contributed by atoms with Crippen molar-refractivity contribution in [2.75, 3.05) is 11.9 Å². The van der Waals surface area contributed by atoms with Crippen molar-refractivity contribution in [3.63, 3.8) is 0 Å². The van der Waals surface area contributed by atoms with Crippen molar-refractivity contribution >= 4 is 5.69 Å². The smallest absolute Gasteiger partial charge is 0.183 e. The van der Waals surface area contributed by atoms with E-state index in [4.69, 9.17) is 5.26 Å². The molecule has 0 aliphatic rings. The molecule has 98 valence electrons. The molecule has 0 fully saturated rings. The van der Waals surface area contributed by atoms with Crippen LogP contribution in [-0.4, -0.2) is 21.3 Å². The molecule has 2 rings (SSSR count). The summed E-state index contributed by atoms with van der Waals surface area (Å²) >= 11 is 0. The molecule has 1 aromatic carbocycles. The molecule has 19 heavy (non-hydrogen) atoms. The van der Waals surface area contributed by atoms with Crippen molar-refractivity contribution in [1.82, 2.24) is 14.8 Å². The van der Waals surface area contributed by atoms with Gasteiger partial charge in [-0.15, -0.1) is 0 Å². The van der Waals surface area contributed by atoms with E-state index >= 15 is 0 Å². The molecule has 0 aliphatic heterocycles. The first-order chi connectivity index (χ1) is 9.11. The molecule has 0 saturated heterocycles. The average molecular weight is 263 g/mol. The zero-order valence-corrected chi connectivity index (χ0v) is 10.2. The summed E-state index contributed by atoms with van der Waals surface area (Å²) in [5.74, 6) is -1.57. The van der Waals surface area contributed by atoms with Gasteiger partial charge in [-0.05, 0) is 12.1 Å². The van der Waals surface area contributed by atoms with Crippen LogP contribution in [0.25, 0.3) is 0 Å². The molecule has 1 N–H and O–H groups in total. The number of aryl methyl sites for hydroxylation is 1. The van der Waals surface area contributed by atoms with Crippen molar-refractivity contribution in [3.8, 4) is 6.07 Å². The van der Waals surface area contributed by atoms with Crippen LogP contribution in [0, 0.1) is 23.0 Å². The minimum Gasteiger partial charge on any atom is -0.382 e. The van der Waals surface area contributed by atoms with E-state index in [1.807, 2.05) is 0 Å². The van der Waals surface area contributed by atoms with E-state index in [2.05, 4.69) is 15.4 Å². The van der Waals surface area contributed by atoms with Crippen LogP contribution < -0.4 is 5.32 Å². The van der Waals surface area contributed by atoms with Crippen LogP contribution in [-0.2, 0) is 13.5 Å². The summed E-state index contributed by atoms with van der Waals surface area (Å²) < 4.78 is 28.5. The van der Waals surface area contributed by atoms with Crippen LogP contribution in [0.2, 0.25) is 0 Å². The fourth-order valence-corrected chi connectivity index (χ4v) is 1.58. The monoisotopic (exact) mass is 263 g/mol. The average Bonchev–Trinajstić information content (AvgIpc) is 2.81. The predicted molar refractivity (Wildman–Crippen MR) is 64.3 cm³/mol. The zero-order valence-electron chi connectivity index (χ0n) is 10.2. The number of aromatic nitrogens is 3. The second kappa shape index (κ2) is 5.44. The van der Waals surface area contributed by atoms with Crippen LogP contribution in [0.5, 0.6) is 0 Å². The van der Waals surface area contributed by atoms with Crippen LogP contribution in [0.1, 0.15) is 11.4 Å². The number of anilines is 1. The van der Waals surface area contributed by atoms with Crippen LogP contribution in [0.3, 0.4) is 0 Å². The van der Waals surface area contributed by atoms with Gasteiger partial charge in [0.1, 0.15) is 12.4 Å². The molecule has 2 aromatic rings. The molecule has 0 bridgehead atoms. The SMILES string of the molecule is Cn1cnc(CCNc2ccc(C#N)c(F)c2F)n1. The number of nitriles is 1. The Bertz CT molecular complexity index is 630. The van der Waals surface area contributed by atoms with E-state index in [-0.39, 0.29) is 11.3 Å².